The van der Waals surface area contributed by atoms with Crippen molar-refractivity contribution in [2.24, 2.45) is 0 Å². The molecule has 1 aromatic rings. The molecule has 1 aromatic carbocycles. The molecule has 0 unspecified atom stereocenters. The van der Waals surface area contributed by atoms with E-state index in [4.69, 9.17) is 9.47 Å². The van der Waals surface area contributed by atoms with E-state index < -0.39 is 0 Å². The fourth-order valence-electron chi connectivity index (χ4n) is 2.46. The van der Waals surface area contributed by atoms with Gasteiger partial charge in [0.05, 0.1) is 7.11 Å². The first-order chi connectivity index (χ1) is 9.61. The van der Waals surface area contributed by atoms with Crippen LogP contribution in [0.2, 0.25) is 0 Å². The van der Waals surface area contributed by atoms with Gasteiger partial charge in [-0.3, -0.25) is 9.69 Å². The van der Waals surface area contributed by atoms with Crippen molar-refractivity contribution < 1.29 is 14.3 Å². The third-order valence-corrected chi connectivity index (χ3v) is 3.62. The van der Waals surface area contributed by atoms with E-state index in [1.54, 1.807) is 13.2 Å². The second kappa shape index (κ2) is 6.72. The van der Waals surface area contributed by atoms with Gasteiger partial charge in [-0.15, -0.1) is 0 Å². The van der Waals surface area contributed by atoms with Crippen LogP contribution in [0, 0.1) is 0 Å². The molecule has 1 fully saturated rings. The Kier molecular flexibility index (Phi) is 4.98. The second-order valence-electron chi connectivity index (χ2n) is 4.97. The minimum Gasteiger partial charge on any atom is -0.493 e. The van der Waals surface area contributed by atoms with Crippen molar-refractivity contribution in [3.63, 3.8) is 0 Å². The Labute approximate surface area is 119 Å². The van der Waals surface area contributed by atoms with Crippen LogP contribution in [0.4, 0.5) is 0 Å². The van der Waals surface area contributed by atoms with Crippen LogP contribution in [-0.2, 0) is 4.79 Å². The molecule has 110 valence electrons. The van der Waals surface area contributed by atoms with Gasteiger partial charge in [-0.1, -0.05) is 6.07 Å². The quantitative estimate of drug-likeness (QED) is 0.669. The van der Waals surface area contributed by atoms with Crippen LogP contribution in [0.1, 0.15) is 25.5 Å². The minimum atomic E-state index is -0.341. The summed E-state index contributed by atoms with van der Waals surface area (Å²) in [6, 6.07) is 6.06. The second-order valence-corrected chi connectivity index (χ2v) is 4.97. The zero-order valence-electron chi connectivity index (χ0n) is 12.3. The number of carbonyl (C=O) groups is 1. The number of nitrogens with one attached hydrogen (secondary N) is 1. The maximum atomic E-state index is 11.1. The number of rotatable bonds is 4. The number of carbonyl (C=O) groups excluding carboxylic acids is 1. The fourth-order valence-corrected chi connectivity index (χ4v) is 2.46. The van der Waals surface area contributed by atoms with Crippen molar-refractivity contribution in [2.75, 3.05) is 33.3 Å². The lowest BCUT2D eigenvalue weighted by atomic mass is 10.1. The highest BCUT2D eigenvalue weighted by Crippen LogP contribution is 2.32. The van der Waals surface area contributed by atoms with Crippen molar-refractivity contribution in [3.05, 3.63) is 23.8 Å². The molecular weight excluding hydrogens is 256 g/mol. The highest BCUT2D eigenvalue weighted by atomic mass is 16.6. The predicted octanol–water partition coefficient (Wildman–Crippen LogP) is 1.59. The van der Waals surface area contributed by atoms with Gasteiger partial charge >= 0.3 is 5.97 Å². The van der Waals surface area contributed by atoms with Crippen molar-refractivity contribution in [3.8, 4) is 11.5 Å². The van der Waals surface area contributed by atoms with Gasteiger partial charge in [-0.2, -0.15) is 0 Å². The first-order valence-electron chi connectivity index (χ1n) is 6.93. The summed E-state index contributed by atoms with van der Waals surface area (Å²) in [5.74, 6) is 0.724. The summed E-state index contributed by atoms with van der Waals surface area (Å²) in [6.45, 7) is 7.69. The lowest BCUT2D eigenvalue weighted by molar-refractivity contribution is -0.132. The van der Waals surface area contributed by atoms with E-state index in [-0.39, 0.29) is 5.97 Å². The third-order valence-electron chi connectivity index (χ3n) is 3.62. The van der Waals surface area contributed by atoms with Crippen molar-refractivity contribution in [1.29, 1.82) is 0 Å². The van der Waals surface area contributed by atoms with E-state index in [9.17, 15) is 4.79 Å². The lowest BCUT2D eigenvalue weighted by Crippen LogP contribution is -2.44. The summed E-state index contributed by atoms with van der Waals surface area (Å²) in [6.07, 6.45) is 0. The van der Waals surface area contributed by atoms with Gasteiger partial charge in [0, 0.05) is 39.1 Å². The van der Waals surface area contributed by atoms with Crippen LogP contribution in [0.15, 0.2) is 18.2 Å². The summed E-state index contributed by atoms with van der Waals surface area (Å²) < 4.78 is 10.4. The monoisotopic (exact) mass is 278 g/mol. The Balaban J connectivity index is 2.17. The van der Waals surface area contributed by atoms with Gasteiger partial charge in [-0.05, 0) is 24.6 Å². The van der Waals surface area contributed by atoms with E-state index in [0.29, 0.717) is 17.5 Å². The summed E-state index contributed by atoms with van der Waals surface area (Å²) in [5.41, 5.74) is 1.17. The molecule has 20 heavy (non-hydrogen) atoms. The largest absolute Gasteiger partial charge is 0.493 e. The van der Waals surface area contributed by atoms with Crippen LogP contribution < -0.4 is 14.8 Å². The summed E-state index contributed by atoms with van der Waals surface area (Å²) in [4.78, 5) is 13.5. The first-order valence-corrected chi connectivity index (χ1v) is 6.93. The standard InChI is InChI=1S/C15H22N2O3/c1-11(17-8-6-16-7-9-17)13-4-5-14(20-12(2)18)15(10-13)19-3/h4-5,10-11,16H,6-9H2,1-3H3/t11-/m1/s1. The lowest BCUT2D eigenvalue weighted by Gasteiger charge is -2.33. The molecule has 5 nitrogen and oxygen atoms in total. The van der Waals surface area contributed by atoms with Crippen LogP contribution in [0.3, 0.4) is 0 Å². The van der Waals surface area contributed by atoms with Crippen molar-refractivity contribution in [2.45, 2.75) is 19.9 Å². The minimum absolute atomic E-state index is 0.317. The number of piperazine rings is 1. The molecule has 0 aromatic heterocycles. The molecule has 5 heteroatoms. The normalized spacial score (nSPS) is 17.6. The summed E-state index contributed by atoms with van der Waals surface area (Å²) in [7, 11) is 1.58. The summed E-state index contributed by atoms with van der Waals surface area (Å²) >= 11 is 0. The molecule has 0 spiro atoms. The summed E-state index contributed by atoms with van der Waals surface area (Å²) in [5, 5.41) is 3.35. The molecule has 0 saturated carbocycles. The fraction of sp³-hybridized carbons (Fsp3) is 0.533. The molecule has 0 aliphatic carbocycles. The molecule has 0 amide bonds. The Morgan fingerprint density at radius 2 is 2.00 bits per heavy atom. The Hall–Kier alpha value is -1.59. The average Bonchev–Trinajstić information content (AvgIpc) is 2.47. The zero-order chi connectivity index (χ0) is 14.5. The molecule has 1 atom stereocenters. The van der Waals surface area contributed by atoms with E-state index in [1.807, 2.05) is 12.1 Å². The molecule has 1 saturated heterocycles. The van der Waals surface area contributed by atoms with Gasteiger partial charge < -0.3 is 14.8 Å². The van der Waals surface area contributed by atoms with E-state index >= 15 is 0 Å². The van der Waals surface area contributed by atoms with Crippen molar-refractivity contribution in [1.82, 2.24) is 10.2 Å². The van der Waals surface area contributed by atoms with Crippen LogP contribution in [0.5, 0.6) is 11.5 Å². The van der Waals surface area contributed by atoms with E-state index in [2.05, 4.69) is 17.1 Å². The van der Waals surface area contributed by atoms with Gasteiger partial charge in [0.1, 0.15) is 0 Å². The number of hydrogen-bond donors (Lipinski definition) is 1. The predicted molar refractivity (Wildman–Crippen MR) is 77.2 cm³/mol. The highest BCUT2D eigenvalue weighted by molar-refractivity contribution is 5.70. The molecule has 1 aliphatic heterocycles. The molecule has 2 rings (SSSR count). The molecule has 1 N–H and O–H groups in total. The molecule has 1 heterocycles. The first kappa shape index (κ1) is 14.8. The van der Waals surface area contributed by atoms with Gasteiger partial charge in [0.2, 0.25) is 0 Å². The maximum Gasteiger partial charge on any atom is 0.308 e. The topological polar surface area (TPSA) is 50.8 Å². The molecular formula is C15H22N2O3. The average molecular weight is 278 g/mol. The van der Waals surface area contributed by atoms with Crippen LogP contribution in [0.25, 0.3) is 0 Å². The number of benzene rings is 1. The Morgan fingerprint density at radius 3 is 2.60 bits per heavy atom. The van der Waals surface area contributed by atoms with Crippen LogP contribution >= 0.6 is 0 Å². The number of hydrogen-bond acceptors (Lipinski definition) is 5. The zero-order valence-corrected chi connectivity index (χ0v) is 12.3. The van der Waals surface area contributed by atoms with Gasteiger partial charge in [-0.25, -0.2) is 0 Å². The molecule has 1 aliphatic rings. The number of esters is 1. The van der Waals surface area contributed by atoms with E-state index in [0.717, 1.165) is 26.2 Å². The smallest absolute Gasteiger partial charge is 0.308 e. The maximum absolute atomic E-state index is 11.1. The Bertz CT molecular complexity index is 470. The van der Waals surface area contributed by atoms with Crippen molar-refractivity contribution >= 4 is 5.97 Å². The molecule has 0 radical (unpaired) electrons. The third kappa shape index (κ3) is 3.49. The van der Waals surface area contributed by atoms with Gasteiger partial charge in [0.15, 0.2) is 11.5 Å². The molecule has 0 bridgehead atoms. The van der Waals surface area contributed by atoms with E-state index in [1.165, 1.54) is 12.5 Å². The highest BCUT2D eigenvalue weighted by Gasteiger charge is 2.19. The number of methoxy groups -OCH3 is 1. The van der Waals surface area contributed by atoms with Crippen LogP contribution in [-0.4, -0.2) is 44.2 Å². The van der Waals surface area contributed by atoms with Gasteiger partial charge in [0.25, 0.3) is 0 Å². The Morgan fingerprint density at radius 1 is 1.30 bits per heavy atom. The SMILES string of the molecule is COc1cc([C@@H](C)N2CCNCC2)ccc1OC(C)=O. The number of nitrogens with zero attached hydrogens (tertiary/aromatic N) is 1. The number of ether oxygens (including phenoxy) is 2.